The second-order valence-electron chi connectivity index (χ2n) is 6.56. The Morgan fingerprint density at radius 1 is 1.11 bits per heavy atom. The van der Waals surface area contributed by atoms with Crippen LogP contribution in [0.4, 0.5) is 0 Å². The highest BCUT2D eigenvalue weighted by atomic mass is 14.9. The van der Waals surface area contributed by atoms with Crippen LogP contribution in [-0.2, 0) is 6.42 Å². The molecule has 0 spiro atoms. The lowest BCUT2D eigenvalue weighted by molar-refractivity contribution is 0.215. The molecule has 0 saturated heterocycles. The second-order valence-corrected chi connectivity index (χ2v) is 6.56. The van der Waals surface area contributed by atoms with E-state index in [1.54, 1.807) is 0 Å². The highest BCUT2D eigenvalue weighted by Gasteiger charge is 2.24. The van der Waals surface area contributed by atoms with Crippen molar-refractivity contribution in [3.63, 3.8) is 0 Å². The third kappa shape index (κ3) is 4.65. The largest absolute Gasteiger partial charge is 0.311 e. The van der Waals surface area contributed by atoms with Crippen molar-refractivity contribution in [1.29, 1.82) is 0 Å². The summed E-state index contributed by atoms with van der Waals surface area (Å²) in [6.45, 7) is 7.15. The first kappa shape index (κ1) is 14.6. The molecule has 1 heteroatoms. The normalized spacial score (nSPS) is 29.1. The Balaban J connectivity index is 1.71. The zero-order valence-corrected chi connectivity index (χ0v) is 12.7. The predicted octanol–water partition coefficient (Wildman–Crippen LogP) is 4.42. The van der Waals surface area contributed by atoms with E-state index in [0.717, 1.165) is 17.9 Å². The van der Waals surface area contributed by atoms with Crippen molar-refractivity contribution in [2.75, 3.05) is 0 Å². The second kappa shape index (κ2) is 7.09. The molecular formula is C18H29N. The Morgan fingerprint density at radius 3 is 2.53 bits per heavy atom. The van der Waals surface area contributed by atoms with E-state index in [2.05, 4.69) is 56.4 Å². The summed E-state index contributed by atoms with van der Waals surface area (Å²) < 4.78 is 0. The molecule has 1 fully saturated rings. The molecule has 2 rings (SSSR count). The molecule has 1 aromatic carbocycles. The van der Waals surface area contributed by atoms with Gasteiger partial charge in [-0.3, -0.25) is 0 Å². The van der Waals surface area contributed by atoms with E-state index in [1.807, 2.05) is 0 Å². The Hall–Kier alpha value is -0.820. The summed E-state index contributed by atoms with van der Waals surface area (Å²) in [5, 5.41) is 3.84. The third-order valence-electron chi connectivity index (χ3n) is 4.83. The maximum atomic E-state index is 3.84. The zero-order valence-electron chi connectivity index (χ0n) is 12.7. The van der Waals surface area contributed by atoms with Gasteiger partial charge < -0.3 is 5.32 Å². The van der Waals surface area contributed by atoms with Gasteiger partial charge in [0.1, 0.15) is 0 Å². The van der Waals surface area contributed by atoms with Crippen LogP contribution in [-0.4, -0.2) is 12.1 Å². The number of benzene rings is 1. The van der Waals surface area contributed by atoms with Crippen molar-refractivity contribution in [2.45, 2.75) is 65.0 Å². The standard InChI is InChI=1S/C18H29N/c1-14-9-12-18(13-15(14)2)19-16(3)10-11-17-7-5-4-6-8-17/h4-8,14-16,18-19H,9-13H2,1-3H3. The van der Waals surface area contributed by atoms with Gasteiger partial charge in [-0.15, -0.1) is 0 Å². The minimum Gasteiger partial charge on any atom is -0.311 e. The first-order valence-electron chi connectivity index (χ1n) is 7.95. The lowest BCUT2D eigenvalue weighted by Crippen LogP contribution is -2.41. The molecule has 0 radical (unpaired) electrons. The van der Waals surface area contributed by atoms with Gasteiger partial charge in [0.15, 0.2) is 0 Å². The van der Waals surface area contributed by atoms with E-state index in [0.29, 0.717) is 6.04 Å². The van der Waals surface area contributed by atoms with Crippen LogP contribution in [0.25, 0.3) is 0 Å². The van der Waals surface area contributed by atoms with Gasteiger partial charge in [0, 0.05) is 12.1 Å². The first-order chi connectivity index (χ1) is 9.15. The van der Waals surface area contributed by atoms with Gasteiger partial charge in [0.2, 0.25) is 0 Å². The summed E-state index contributed by atoms with van der Waals surface area (Å²) in [7, 11) is 0. The van der Waals surface area contributed by atoms with E-state index in [1.165, 1.54) is 37.7 Å². The van der Waals surface area contributed by atoms with Crippen LogP contribution in [0, 0.1) is 11.8 Å². The smallest absolute Gasteiger partial charge is 0.00722 e. The lowest BCUT2D eigenvalue weighted by Gasteiger charge is -2.34. The Bertz CT molecular complexity index is 359. The summed E-state index contributed by atoms with van der Waals surface area (Å²) >= 11 is 0. The van der Waals surface area contributed by atoms with E-state index < -0.39 is 0 Å². The van der Waals surface area contributed by atoms with E-state index in [4.69, 9.17) is 0 Å². The molecule has 4 atom stereocenters. The van der Waals surface area contributed by atoms with E-state index >= 15 is 0 Å². The fraction of sp³-hybridized carbons (Fsp3) is 0.667. The number of rotatable bonds is 5. The average molecular weight is 259 g/mol. The summed E-state index contributed by atoms with van der Waals surface area (Å²) in [5.74, 6) is 1.80. The first-order valence-corrected chi connectivity index (χ1v) is 7.95. The number of nitrogens with one attached hydrogen (secondary N) is 1. The maximum Gasteiger partial charge on any atom is 0.00722 e. The molecule has 4 unspecified atom stereocenters. The fourth-order valence-corrected chi connectivity index (χ4v) is 3.21. The Labute approximate surface area is 118 Å². The molecule has 1 saturated carbocycles. The maximum absolute atomic E-state index is 3.84. The van der Waals surface area contributed by atoms with Crippen LogP contribution < -0.4 is 5.32 Å². The van der Waals surface area contributed by atoms with Gasteiger partial charge in [-0.2, -0.15) is 0 Å². The van der Waals surface area contributed by atoms with Gasteiger partial charge in [-0.1, -0.05) is 44.2 Å². The van der Waals surface area contributed by atoms with Gasteiger partial charge in [-0.05, 0) is 56.4 Å². The molecule has 1 aliphatic carbocycles. The van der Waals surface area contributed by atoms with Crippen LogP contribution >= 0.6 is 0 Å². The minimum absolute atomic E-state index is 0.630. The van der Waals surface area contributed by atoms with Crippen LogP contribution in [0.3, 0.4) is 0 Å². The summed E-state index contributed by atoms with van der Waals surface area (Å²) in [5.41, 5.74) is 1.46. The van der Waals surface area contributed by atoms with Crippen LogP contribution in [0.5, 0.6) is 0 Å². The fourth-order valence-electron chi connectivity index (χ4n) is 3.21. The van der Waals surface area contributed by atoms with Gasteiger partial charge >= 0.3 is 0 Å². The van der Waals surface area contributed by atoms with Crippen molar-refractivity contribution in [3.05, 3.63) is 35.9 Å². The molecule has 1 aromatic rings. The highest BCUT2D eigenvalue weighted by Crippen LogP contribution is 2.29. The van der Waals surface area contributed by atoms with Crippen molar-refractivity contribution >= 4 is 0 Å². The van der Waals surface area contributed by atoms with Crippen molar-refractivity contribution in [3.8, 4) is 0 Å². The predicted molar refractivity (Wildman–Crippen MR) is 83.3 cm³/mol. The van der Waals surface area contributed by atoms with Crippen LogP contribution in [0.1, 0.15) is 52.0 Å². The molecular weight excluding hydrogens is 230 g/mol. The SMILES string of the molecule is CC(CCc1ccccc1)NC1CCC(C)C(C)C1. The van der Waals surface area contributed by atoms with Crippen molar-refractivity contribution < 1.29 is 0 Å². The van der Waals surface area contributed by atoms with E-state index in [-0.39, 0.29) is 0 Å². The minimum atomic E-state index is 0.630. The van der Waals surface area contributed by atoms with Crippen molar-refractivity contribution in [1.82, 2.24) is 5.32 Å². The Morgan fingerprint density at radius 2 is 1.84 bits per heavy atom. The number of hydrogen-bond acceptors (Lipinski definition) is 1. The monoisotopic (exact) mass is 259 g/mol. The van der Waals surface area contributed by atoms with Gasteiger partial charge in [0.05, 0.1) is 0 Å². The van der Waals surface area contributed by atoms with E-state index in [9.17, 15) is 0 Å². The molecule has 0 amide bonds. The lowest BCUT2D eigenvalue weighted by atomic mass is 9.79. The van der Waals surface area contributed by atoms with Gasteiger partial charge in [-0.25, -0.2) is 0 Å². The summed E-state index contributed by atoms with van der Waals surface area (Å²) in [6, 6.07) is 12.2. The molecule has 0 aliphatic heterocycles. The quantitative estimate of drug-likeness (QED) is 0.825. The molecule has 19 heavy (non-hydrogen) atoms. The van der Waals surface area contributed by atoms with Crippen LogP contribution in [0.2, 0.25) is 0 Å². The number of hydrogen-bond donors (Lipinski definition) is 1. The van der Waals surface area contributed by atoms with Gasteiger partial charge in [0.25, 0.3) is 0 Å². The molecule has 106 valence electrons. The molecule has 0 aromatic heterocycles. The third-order valence-corrected chi connectivity index (χ3v) is 4.83. The molecule has 0 bridgehead atoms. The summed E-state index contributed by atoms with van der Waals surface area (Å²) in [4.78, 5) is 0. The highest BCUT2D eigenvalue weighted by molar-refractivity contribution is 5.14. The Kier molecular flexibility index (Phi) is 5.45. The molecule has 1 aliphatic rings. The summed E-state index contributed by atoms with van der Waals surface area (Å²) in [6.07, 6.45) is 6.54. The molecule has 1 nitrogen and oxygen atoms in total. The zero-order chi connectivity index (χ0) is 13.7. The van der Waals surface area contributed by atoms with Crippen molar-refractivity contribution in [2.24, 2.45) is 11.8 Å². The average Bonchev–Trinajstić information content (AvgIpc) is 2.42. The molecule has 0 heterocycles. The molecule has 1 N–H and O–H groups in total. The number of aryl methyl sites for hydroxylation is 1. The topological polar surface area (TPSA) is 12.0 Å². The van der Waals surface area contributed by atoms with Crippen LogP contribution in [0.15, 0.2) is 30.3 Å².